The number of hydrogen-bond donors (Lipinski definition) is 0. The monoisotopic (exact) mass is 300 g/mol. The van der Waals surface area contributed by atoms with Gasteiger partial charge in [0.15, 0.2) is 5.76 Å². The van der Waals surface area contributed by atoms with Gasteiger partial charge in [0.2, 0.25) is 5.78 Å². The minimum atomic E-state index is -0.475. The number of ketones is 1. The van der Waals surface area contributed by atoms with Gasteiger partial charge in [0, 0.05) is 11.0 Å². The lowest BCUT2D eigenvalue weighted by Crippen LogP contribution is -2.02. The molecule has 3 rings (SSSR count). The molecule has 1 aliphatic heterocycles. The largest absolute Gasteiger partial charge is 0.465 e. The molecule has 0 unspecified atom stereocenters. The smallest absolute Gasteiger partial charge is 0.337 e. The van der Waals surface area contributed by atoms with Gasteiger partial charge in [-0.15, -0.1) is 11.3 Å². The predicted octanol–water partition coefficient (Wildman–Crippen LogP) is 3.46. The molecular weight excluding hydrogens is 288 g/mol. The van der Waals surface area contributed by atoms with E-state index in [-0.39, 0.29) is 11.5 Å². The van der Waals surface area contributed by atoms with Crippen molar-refractivity contribution in [2.24, 2.45) is 0 Å². The minimum Gasteiger partial charge on any atom is -0.465 e. The van der Waals surface area contributed by atoms with Crippen LogP contribution in [0.4, 0.5) is 0 Å². The van der Waals surface area contributed by atoms with E-state index in [1.165, 1.54) is 13.2 Å². The molecular formula is C16H12O4S. The first-order valence-electron chi connectivity index (χ1n) is 6.31. The zero-order valence-electron chi connectivity index (χ0n) is 11.5. The third kappa shape index (κ3) is 2.36. The summed E-state index contributed by atoms with van der Waals surface area (Å²) in [5, 5.41) is 1.96. The van der Waals surface area contributed by atoms with Gasteiger partial charge in [0.25, 0.3) is 0 Å². The number of ether oxygens (including phenoxy) is 2. The number of thiophene rings is 1. The van der Waals surface area contributed by atoms with Crippen molar-refractivity contribution < 1.29 is 19.1 Å². The minimum absolute atomic E-state index is 0.219. The first kappa shape index (κ1) is 13.6. The van der Waals surface area contributed by atoms with Crippen LogP contribution < -0.4 is 4.74 Å². The van der Waals surface area contributed by atoms with E-state index in [0.717, 1.165) is 10.4 Å². The molecule has 0 saturated heterocycles. The molecule has 0 fully saturated rings. The topological polar surface area (TPSA) is 52.6 Å². The maximum Gasteiger partial charge on any atom is 0.337 e. The van der Waals surface area contributed by atoms with Crippen LogP contribution in [0.15, 0.2) is 35.4 Å². The Balaban J connectivity index is 1.98. The number of aryl methyl sites for hydroxylation is 1. The van der Waals surface area contributed by atoms with Gasteiger partial charge in [-0.25, -0.2) is 4.79 Å². The zero-order chi connectivity index (χ0) is 15.0. The summed E-state index contributed by atoms with van der Waals surface area (Å²) < 4.78 is 10.2. The maximum absolute atomic E-state index is 12.4. The summed E-state index contributed by atoms with van der Waals surface area (Å²) in [5.74, 6) is 0.0476. The highest BCUT2D eigenvalue weighted by Crippen LogP contribution is 2.33. The van der Waals surface area contributed by atoms with E-state index in [2.05, 4.69) is 4.74 Å². The van der Waals surface area contributed by atoms with E-state index in [4.69, 9.17) is 4.74 Å². The lowest BCUT2D eigenvalue weighted by Gasteiger charge is -2.00. The number of carbonyl (C=O) groups is 2. The highest BCUT2D eigenvalue weighted by molar-refractivity contribution is 7.11. The molecule has 2 heterocycles. The van der Waals surface area contributed by atoms with Crippen LogP contribution in [0.25, 0.3) is 6.08 Å². The Morgan fingerprint density at radius 1 is 1.33 bits per heavy atom. The highest BCUT2D eigenvalue weighted by Gasteiger charge is 2.28. The Morgan fingerprint density at radius 3 is 2.81 bits per heavy atom. The van der Waals surface area contributed by atoms with Crippen molar-refractivity contribution >= 4 is 29.2 Å². The standard InChI is InChI=1S/C16H12O4S/c1-9-5-6-21-14(9)8-13-15(17)11-7-10(16(18)19-2)3-4-12(11)20-13/h3-8H,1-2H3/b13-8-. The van der Waals surface area contributed by atoms with Crippen molar-refractivity contribution in [2.45, 2.75) is 6.92 Å². The quantitative estimate of drug-likeness (QED) is 0.629. The Kier molecular flexibility index (Phi) is 3.35. The van der Waals surface area contributed by atoms with Crippen LogP contribution >= 0.6 is 11.3 Å². The number of methoxy groups -OCH3 is 1. The molecule has 1 aromatic heterocycles. The third-order valence-corrected chi connectivity index (χ3v) is 4.22. The first-order valence-corrected chi connectivity index (χ1v) is 7.19. The fourth-order valence-corrected chi connectivity index (χ4v) is 2.93. The average molecular weight is 300 g/mol. The molecule has 106 valence electrons. The fourth-order valence-electron chi connectivity index (χ4n) is 2.09. The van der Waals surface area contributed by atoms with E-state index < -0.39 is 5.97 Å². The van der Waals surface area contributed by atoms with Crippen molar-refractivity contribution in [2.75, 3.05) is 7.11 Å². The number of benzene rings is 1. The number of rotatable bonds is 2. The second-order valence-corrected chi connectivity index (χ2v) is 5.56. The van der Waals surface area contributed by atoms with Gasteiger partial charge in [0.05, 0.1) is 18.2 Å². The Hall–Kier alpha value is -2.40. The predicted molar refractivity (Wildman–Crippen MR) is 79.8 cm³/mol. The van der Waals surface area contributed by atoms with Gasteiger partial charge in [-0.3, -0.25) is 4.79 Å². The molecule has 1 aromatic carbocycles. The Labute approximate surface area is 125 Å². The van der Waals surface area contributed by atoms with Crippen LogP contribution in [0.2, 0.25) is 0 Å². The van der Waals surface area contributed by atoms with E-state index >= 15 is 0 Å². The molecule has 5 heteroatoms. The fraction of sp³-hybridized carbons (Fsp3) is 0.125. The normalized spacial score (nSPS) is 15.0. The molecule has 0 atom stereocenters. The molecule has 0 spiro atoms. The summed E-state index contributed by atoms with van der Waals surface area (Å²) in [4.78, 5) is 24.9. The summed E-state index contributed by atoms with van der Waals surface area (Å²) in [6.07, 6.45) is 1.74. The van der Waals surface area contributed by atoms with Gasteiger partial charge >= 0.3 is 5.97 Å². The van der Waals surface area contributed by atoms with Crippen molar-refractivity contribution in [3.8, 4) is 5.75 Å². The molecule has 2 aromatic rings. The number of fused-ring (bicyclic) bond motifs is 1. The second-order valence-electron chi connectivity index (χ2n) is 4.61. The summed E-state index contributed by atoms with van der Waals surface area (Å²) >= 11 is 1.55. The number of hydrogen-bond acceptors (Lipinski definition) is 5. The number of carbonyl (C=O) groups excluding carboxylic acids is 2. The molecule has 0 saturated carbocycles. The van der Waals surface area contributed by atoms with Crippen LogP contribution in [0.5, 0.6) is 5.75 Å². The molecule has 1 aliphatic rings. The number of Topliss-reactive ketones (excluding diaryl/α,β-unsaturated/α-hetero) is 1. The maximum atomic E-state index is 12.4. The summed E-state index contributed by atoms with van der Waals surface area (Å²) in [5.41, 5.74) is 1.82. The lowest BCUT2D eigenvalue weighted by atomic mass is 10.1. The van der Waals surface area contributed by atoms with E-state index in [1.807, 2.05) is 18.4 Å². The van der Waals surface area contributed by atoms with Crippen LogP contribution in [-0.2, 0) is 4.74 Å². The number of esters is 1. The van der Waals surface area contributed by atoms with E-state index in [9.17, 15) is 9.59 Å². The number of allylic oxidation sites excluding steroid dienone is 1. The zero-order valence-corrected chi connectivity index (χ0v) is 12.3. The summed E-state index contributed by atoms with van der Waals surface area (Å²) in [7, 11) is 1.30. The molecule has 0 N–H and O–H groups in total. The van der Waals surface area contributed by atoms with Crippen molar-refractivity contribution in [1.29, 1.82) is 0 Å². The second kappa shape index (κ2) is 5.18. The summed E-state index contributed by atoms with van der Waals surface area (Å²) in [6.45, 7) is 1.98. The van der Waals surface area contributed by atoms with Gasteiger partial charge in [-0.05, 0) is 42.1 Å². The summed E-state index contributed by atoms with van der Waals surface area (Å²) in [6, 6.07) is 6.68. The average Bonchev–Trinajstić information content (AvgIpc) is 3.03. The van der Waals surface area contributed by atoms with Crippen molar-refractivity contribution in [3.05, 3.63) is 57.0 Å². The molecule has 0 amide bonds. The molecule has 0 bridgehead atoms. The van der Waals surface area contributed by atoms with Crippen LogP contribution in [-0.4, -0.2) is 18.9 Å². The third-order valence-electron chi connectivity index (χ3n) is 3.25. The van der Waals surface area contributed by atoms with Gasteiger partial charge in [0.1, 0.15) is 5.75 Å². The van der Waals surface area contributed by atoms with Crippen LogP contribution in [0, 0.1) is 6.92 Å². The first-order chi connectivity index (χ1) is 10.1. The van der Waals surface area contributed by atoms with Gasteiger partial charge in [-0.1, -0.05) is 0 Å². The lowest BCUT2D eigenvalue weighted by molar-refractivity contribution is 0.0600. The van der Waals surface area contributed by atoms with E-state index in [1.54, 1.807) is 29.5 Å². The Morgan fingerprint density at radius 2 is 2.14 bits per heavy atom. The van der Waals surface area contributed by atoms with Crippen LogP contribution in [0.1, 0.15) is 31.2 Å². The van der Waals surface area contributed by atoms with Crippen LogP contribution in [0.3, 0.4) is 0 Å². The SMILES string of the molecule is COC(=O)c1ccc2c(c1)C(=O)/C(=C/c1sccc1C)O2. The van der Waals surface area contributed by atoms with E-state index in [0.29, 0.717) is 16.9 Å². The molecule has 0 aliphatic carbocycles. The van der Waals surface area contributed by atoms with Gasteiger partial charge < -0.3 is 9.47 Å². The highest BCUT2D eigenvalue weighted by atomic mass is 32.1. The Bertz CT molecular complexity index is 770. The molecule has 21 heavy (non-hydrogen) atoms. The van der Waals surface area contributed by atoms with Gasteiger partial charge in [-0.2, -0.15) is 0 Å². The molecule has 4 nitrogen and oxygen atoms in total. The van der Waals surface area contributed by atoms with Crippen molar-refractivity contribution in [1.82, 2.24) is 0 Å². The van der Waals surface area contributed by atoms with Crippen molar-refractivity contribution in [3.63, 3.8) is 0 Å². The molecule has 0 radical (unpaired) electrons.